The number of carbonyl (C=O) groups is 2. The Hall–Kier alpha value is -2.81. The molecule has 1 aromatic carbocycles. The molecule has 3 heterocycles. The number of nitrogens with zero attached hydrogens (tertiary/aromatic N) is 3. The van der Waals surface area contributed by atoms with Gasteiger partial charge >= 0.3 is 0 Å². The zero-order chi connectivity index (χ0) is 23.4. The summed E-state index contributed by atoms with van der Waals surface area (Å²) in [5.74, 6) is 1.42. The van der Waals surface area contributed by atoms with E-state index in [-0.39, 0.29) is 17.7 Å². The molecule has 2 N–H and O–H groups in total. The summed E-state index contributed by atoms with van der Waals surface area (Å²) < 4.78 is 11.6. The fourth-order valence-electron chi connectivity index (χ4n) is 4.45. The number of primary amides is 1. The summed E-state index contributed by atoms with van der Waals surface area (Å²) in [7, 11) is 0. The molecular weight excluding hydrogens is 440 g/mol. The summed E-state index contributed by atoms with van der Waals surface area (Å²) in [4.78, 5) is 35.2. The zero-order valence-electron chi connectivity index (χ0n) is 19.1. The molecule has 0 spiro atoms. The largest absolute Gasteiger partial charge is 0.490 e. The van der Waals surface area contributed by atoms with Crippen LogP contribution in [0.3, 0.4) is 0 Å². The topological polar surface area (TPSA) is 108 Å². The van der Waals surface area contributed by atoms with E-state index in [2.05, 4.69) is 9.97 Å². The second-order valence-electron chi connectivity index (χ2n) is 8.41. The maximum absolute atomic E-state index is 13.2. The first-order valence-electron chi connectivity index (χ1n) is 11.4. The first-order chi connectivity index (χ1) is 15.9. The Labute approximate surface area is 198 Å². The van der Waals surface area contributed by atoms with Gasteiger partial charge in [0.15, 0.2) is 16.7 Å². The van der Waals surface area contributed by atoms with E-state index >= 15 is 0 Å². The number of nitrogens with two attached hydrogens (primary N) is 1. The Bertz CT molecular complexity index is 1020. The molecule has 33 heavy (non-hydrogen) atoms. The van der Waals surface area contributed by atoms with Crippen LogP contribution in [0.2, 0.25) is 0 Å². The third-order valence-corrected chi connectivity index (χ3v) is 6.93. The van der Waals surface area contributed by atoms with Crippen LogP contribution in [-0.4, -0.2) is 52.2 Å². The van der Waals surface area contributed by atoms with Gasteiger partial charge in [-0.1, -0.05) is 17.8 Å². The van der Waals surface area contributed by atoms with Gasteiger partial charge in [-0.25, -0.2) is 9.97 Å². The van der Waals surface area contributed by atoms with Crippen molar-refractivity contribution in [2.45, 2.75) is 57.1 Å². The summed E-state index contributed by atoms with van der Waals surface area (Å²) in [6, 6.07) is 6.09. The van der Waals surface area contributed by atoms with Gasteiger partial charge in [-0.2, -0.15) is 0 Å². The molecule has 0 radical (unpaired) electrons. The van der Waals surface area contributed by atoms with Gasteiger partial charge < -0.3 is 20.1 Å². The van der Waals surface area contributed by atoms with Crippen molar-refractivity contribution in [2.24, 2.45) is 5.73 Å². The van der Waals surface area contributed by atoms with Crippen LogP contribution < -0.4 is 15.2 Å². The third-order valence-electron chi connectivity index (χ3n) is 6.06. The average Bonchev–Trinajstić information content (AvgIpc) is 3.16. The fourth-order valence-corrected chi connectivity index (χ4v) is 5.12. The molecule has 1 atom stereocenters. The highest BCUT2D eigenvalue weighted by atomic mass is 32.2. The van der Waals surface area contributed by atoms with Gasteiger partial charge in [-0.15, -0.1) is 0 Å². The van der Waals surface area contributed by atoms with Gasteiger partial charge in [-0.05, 0) is 56.4 Å². The molecule has 0 unspecified atom stereocenters. The second kappa shape index (κ2) is 10.4. The van der Waals surface area contributed by atoms with Gasteiger partial charge in [0.05, 0.1) is 25.0 Å². The molecule has 8 nitrogen and oxygen atoms in total. The predicted octanol–water partition coefficient (Wildman–Crippen LogP) is 3.13. The van der Waals surface area contributed by atoms with Crippen LogP contribution in [0.25, 0.3) is 0 Å². The number of hydrogen-bond donors (Lipinski definition) is 1. The summed E-state index contributed by atoms with van der Waals surface area (Å²) in [6.45, 7) is 5.89. The van der Waals surface area contributed by atoms with Gasteiger partial charge in [-0.3, -0.25) is 9.59 Å². The lowest BCUT2D eigenvalue weighted by atomic mass is 10.0. The summed E-state index contributed by atoms with van der Waals surface area (Å²) >= 11 is 1.23. The smallest absolute Gasteiger partial charge is 0.227 e. The van der Waals surface area contributed by atoms with Crippen molar-refractivity contribution in [1.29, 1.82) is 0 Å². The Balaban J connectivity index is 1.42. The number of likely N-dealkylation sites (tertiary alicyclic amines) is 1. The first kappa shape index (κ1) is 23.4. The number of thioether (sulfide) groups is 1. The molecule has 2 amide bonds. The Kier molecular flexibility index (Phi) is 7.37. The number of carbonyl (C=O) groups excluding carboxylic acids is 2. The van der Waals surface area contributed by atoms with Crippen molar-refractivity contribution in [2.75, 3.05) is 25.5 Å². The van der Waals surface area contributed by atoms with Gasteiger partial charge in [0.1, 0.15) is 0 Å². The number of fused-ring (bicyclic) bond motifs is 1. The number of benzene rings is 1. The van der Waals surface area contributed by atoms with Crippen molar-refractivity contribution < 1.29 is 19.1 Å². The average molecular weight is 471 g/mol. The van der Waals surface area contributed by atoms with Crippen molar-refractivity contribution in [1.82, 2.24) is 14.9 Å². The van der Waals surface area contributed by atoms with Gasteiger partial charge in [0, 0.05) is 30.8 Å². The van der Waals surface area contributed by atoms with Crippen LogP contribution in [0.5, 0.6) is 11.5 Å². The molecule has 4 rings (SSSR count). The highest BCUT2D eigenvalue weighted by Gasteiger charge is 2.30. The van der Waals surface area contributed by atoms with Crippen LogP contribution in [-0.2, 0) is 16.0 Å². The van der Waals surface area contributed by atoms with E-state index in [4.69, 9.17) is 15.2 Å². The predicted molar refractivity (Wildman–Crippen MR) is 125 cm³/mol. The quantitative estimate of drug-likeness (QED) is 0.489. The van der Waals surface area contributed by atoms with E-state index in [1.807, 2.05) is 36.9 Å². The molecule has 1 fully saturated rings. The van der Waals surface area contributed by atoms with Crippen LogP contribution in [0.4, 0.5) is 0 Å². The summed E-state index contributed by atoms with van der Waals surface area (Å²) in [5, 5.41) is 0.535. The van der Waals surface area contributed by atoms with Crippen LogP contribution in [0.15, 0.2) is 23.4 Å². The summed E-state index contributed by atoms with van der Waals surface area (Å²) in [6.07, 6.45) is 3.78. The second-order valence-corrected chi connectivity index (χ2v) is 9.35. The van der Waals surface area contributed by atoms with E-state index < -0.39 is 5.91 Å². The fraction of sp³-hybridized carbons (Fsp3) is 0.500. The third kappa shape index (κ3) is 5.58. The molecular formula is C24H30N4O4S. The molecule has 0 saturated carbocycles. The van der Waals surface area contributed by atoms with Gasteiger partial charge in [0.2, 0.25) is 11.8 Å². The number of ether oxygens (including phenoxy) is 2. The minimum Gasteiger partial charge on any atom is -0.490 e. The lowest BCUT2D eigenvalue weighted by molar-refractivity contribution is -0.132. The molecule has 1 aromatic heterocycles. The van der Waals surface area contributed by atoms with E-state index in [1.54, 1.807) is 0 Å². The molecule has 2 aliphatic heterocycles. The van der Waals surface area contributed by atoms with E-state index in [1.165, 1.54) is 11.8 Å². The van der Waals surface area contributed by atoms with Crippen molar-refractivity contribution in [3.05, 3.63) is 40.7 Å². The number of hydrogen-bond acceptors (Lipinski definition) is 7. The Morgan fingerprint density at radius 1 is 1.12 bits per heavy atom. The van der Waals surface area contributed by atoms with Crippen molar-refractivity contribution >= 4 is 23.6 Å². The van der Waals surface area contributed by atoms with Crippen LogP contribution >= 0.6 is 11.8 Å². The van der Waals surface area contributed by atoms with E-state index in [0.717, 1.165) is 59.8 Å². The normalized spacial score (nSPS) is 17.6. The number of rotatable bonds is 7. The molecule has 0 aliphatic carbocycles. The maximum atomic E-state index is 13.2. The molecule has 0 bridgehead atoms. The van der Waals surface area contributed by atoms with E-state index in [0.29, 0.717) is 31.2 Å². The number of aryl methyl sites for hydroxylation is 2. The molecule has 2 aromatic rings. The highest BCUT2D eigenvalue weighted by molar-refractivity contribution is 7.99. The minimum absolute atomic E-state index is 0.0562. The SMILES string of the molecule is Cc1nc(SCC(N)=O)nc(C)c1CCC(=O)N1CCC[C@@H]1c1ccc2c(c1)OCCCO2. The monoisotopic (exact) mass is 470 g/mol. The number of aromatic nitrogens is 2. The molecule has 176 valence electrons. The highest BCUT2D eigenvalue weighted by Crippen LogP contribution is 2.38. The summed E-state index contributed by atoms with van der Waals surface area (Å²) in [5.41, 5.74) is 8.96. The maximum Gasteiger partial charge on any atom is 0.227 e. The van der Waals surface area contributed by atoms with Crippen LogP contribution in [0, 0.1) is 13.8 Å². The van der Waals surface area contributed by atoms with Crippen molar-refractivity contribution in [3.8, 4) is 11.5 Å². The number of amides is 2. The lowest BCUT2D eigenvalue weighted by Crippen LogP contribution is -2.30. The first-order valence-corrected chi connectivity index (χ1v) is 12.3. The molecule has 9 heteroatoms. The Morgan fingerprint density at radius 3 is 2.58 bits per heavy atom. The van der Waals surface area contributed by atoms with Crippen molar-refractivity contribution in [3.63, 3.8) is 0 Å². The molecule has 2 aliphatic rings. The minimum atomic E-state index is -0.401. The standard InChI is InChI=1S/C24H30N4O4S/c1-15-18(16(2)27-24(26-15)33-14-22(25)29)7-9-23(30)28-10-3-5-19(28)17-6-8-20-21(13-17)32-12-4-11-31-20/h6,8,13,19H,3-5,7,9-12,14H2,1-2H3,(H2,25,29)/t19-/m1/s1. The van der Waals surface area contributed by atoms with Gasteiger partial charge in [0.25, 0.3) is 0 Å². The zero-order valence-corrected chi connectivity index (χ0v) is 20.0. The van der Waals surface area contributed by atoms with Crippen LogP contribution in [0.1, 0.15) is 54.2 Å². The van der Waals surface area contributed by atoms with E-state index in [9.17, 15) is 9.59 Å². The lowest BCUT2D eigenvalue weighted by Gasteiger charge is -2.26. The Morgan fingerprint density at radius 2 is 1.85 bits per heavy atom. The molecule has 1 saturated heterocycles.